The number of carbonyl (C=O) groups excluding carboxylic acids is 1. The van der Waals surface area contributed by atoms with E-state index in [4.69, 9.17) is 4.74 Å². The van der Waals surface area contributed by atoms with E-state index in [1.165, 1.54) is 63.9 Å². The zero-order valence-electron chi connectivity index (χ0n) is 29.3. The molecule has 256 valence electrons. The number of allylic oxidation sites excluding steroid dienone is 14. The largest absolute Gasteiger partial charge is 0.508 e. The van der Waals surface area contributed by atoms with Crippen molar-refractivity contribution in [2.75, 3.05) is 0 Å². The molecular weight excluding hydrogens is 592 g/mol. The molecule has 0 fully saturated rings. The highest BCUT2D eigenvalue weighted by molar-refractivity contribution is 5.84. The lowest BCUT2D eigenvalue weighted by atomic mass is 10.0. The van der Waals surface area contributed by atoms with Crippen LogP contribution >= 0.6 is 0 Å². The van der Waals surface area contributed by atoms with Crippen LogP contribution in [0.15, 0.2) is 121 Å². The molecule has 4 heteroatoms. The third-order valence-corrected chi connectivity index (χ3v) is 7.76. The first-order valence-corrected chi connectivity index (χ1v) is 17.6. The van der Waals surface area contributed by atoms with Crippen LogP contribution < -0.4 is 4.74 Å². The molecule has 0 bridgehead atoms. The molecule has 2 N–H and O–H groups in total. The molecule has 0 unspecified atom stereocenters. The molecule has 0 aliphatic heterocycles. The van der Waals surface area contributed by atoms with Crippen LogP contribution in [0.25, 0.3) is 6.08 Å². The first kappa shape index (κ1) is 39.6. The van der Waals surface area contributed by atoms with Gasteiger partial charge in [0.15, 0.2) is 0 Å². The number of aromatic hydroxyl groups is 2. The van der Waals surface area contributed by atoms with E-state index in [9.17, 15) is 15.0 Å². The zero-order chi connectivity index (χ0) is 34.7. The zero-order valence-corrected chi connectivity index (χ0v) is 29.3. The van der Waals surface area contributed by atoms with Crippen LogP contribution in [0, 0.1) is 13.8 Å². The summed E-state index contributed by atoms with van der Waals surface area (Å²) in [6.07, 6.45) is 44.5. The predicted octanol–water partition coefficient (Wildman–Crippen LogP) is 12.1. The summed E-state index contributed by atoms with van der Waals surface area (Å²) in [7, 11) is 0. The van der Waals surface area contributed by atoms with Crippen LogP contribution in [-0.2, 0) is 11.2 Å². The third kappa shape index (κ3) is 18.5. The third-order valence-electron chi connectivity index (χ3n) is 7.76. The van der Waals surface area contributed by atoms with Gasteiger partial charge in [0.2, 0.25) is 0 Å². The minimum Gasteiger partial charge on any atom is -0.508 e. The van der Waals surface area contributed by atoms with Crippen molar-refractivity contribution in [2.24, 2.45) is 0 Å². The lowest BCUT2D eigenvalue weighted by Crippen LogP contribution is -2.06. The van der Waals surface area contributed by atoms with Crippen LogP contribution in [-0.4, -0.2) is 16.2 Å². The Morgan fingerprint density at radius 1 is 0.604 bits per heavy atom. The van der Waals surface area contributed by atoms with Crippen molar-refractivity contribution < 1.29 is 19.7 Å². The lowest BCUT2D eigenvalue weighted by Gasteiger charge is -2.12. The Labute approximate surface area is 290 Å². The van der Waals surface area contributed by atoms with Gasteiger partial charge in [-0.3, -0.25) is 0 Å². The van der Waals surface area contributed by atoms with Gasteiger partial charge in [-0.25, -0.2) is 4.79 Å². The predicted molar refractivity (Wildman–Crippen MR) is 205 cm³/mol. The average molecular weight is 649 g/mol. The fourth-order valence-electron chi connectivity index (χ4n) is 5.07. The highest BCUT2D eigenvalue weighted by Gasteiger charge is 2.13. The van der Waals surface area contributed by atoms with Crippen LogP contribution in [0.1, 0.15) is 99.8 Å². The van der Waals surface area contributed by atoms with Crippen molar-refractivity contribution in [3.63, 3.8) is 0 Å². The summed E-state index contributed by atoms with van der Waals surface area (Å²) in [5.41, 5.74) is 3.47. The van der Waals surface area contributed by atoms with E-state index in [2.05, 4.69) is 6.92 Å². The van der Waals surface area contributed by atoms with Crippen molar-refractivity contribution in [3.8, 4) is 17.2 Å². The van der Waals surface area contributed by atoms with Crippen LogP contribution in [0.5, 0.6) is 17.2 Å². The van der Waals surface area contributed by atoms with Crippen molar-refractivity contribution in [2.45, 2.75) is 97.8 Å². The monoisotopic (exact) mass is 648 g/mol. The Morgan fingerprint density at radius 3 is 1.65 bits per heavy atom. The Kier molecular flexibility index (Phi) is 21.1. The van der Waals surface area contributed by atoms with Gasteiger partial charge in [-0.15, -0.1) is 0 Å². The Hall–Kier alpha value is -4.57. The number of benzene rings is 2. The van der Waals surface area contributed by atoms with Gasteiger partial charge in [0, 0.05) is 11.6 Å². The van der Waals surface area contributed by atoms with Crippen LogP contribution in [0.3, 0.4) is 0 Å². The van der Waals surface area contributed by atoms with Gasteiger partial charge in [0.25, 0.3) is 0 Å². The SMILES string of the molecule is CCCCCCCCCCCCCc1c(O)cc(C)cc1OC(=O)C=CC=CC=CC=CC=CC=CC=CC=Cc1ccc(O)c(C)c1. The second kappa shape index (κ2) is 25.5. The molecule has 0 aromatic heterocycles. The average Bonchev–Trinajstić information content (AvgIpc) is 3.06. The molecule has 2 rings (SSSR count). The Balaban J connectivity index is 1.67. The highest BCUT2D eigenvalue weighted by Crippen LogP contribution is 2.31. The van der Waals surface area contributed by atoms with Gasteiger partial charge in [-0.2, -0.15) is 0 Å². The Morgan fingerprint density at radius 2 is 1.10 bits per heavy atom. The molecule has 0 saturated heterocycles. The minimum atomic E-state index is -0.467. The first-order valence-electron chi connectivity index (χ1n) is 17.6. The quantitative estimate of drug-likeness (QED) is 0.0438. The molecule has 0 heterocycles. The number of ether oxygens (including phenoxy) is 1. The van der Waals surface area contributed by atoms with Gasteiger partial charge < -0.3 is 14.9 Å². The summed E-state index contributed by atoms with van der Waals surface area (Å²) >= 11 is 0. The first-order chi connectivity index (χ1) is 23.4. The maximum absolute atomic E-state index is 12.5. The van der Waals surface area contributed by atoms with Gasteiger partial charge in [-0.05, 0) is 67.6 Å². The summed E-state index contributed by atoms with van der Waals surface area (Å²) in [6.45, 7) is 6.02. The molecule has 0 saturated carbocycles. The molecule has 0 atom stereocenters. The fourth-order valence-corrected chi connectivity index (χ4v) is 5.07. The van der Waals surface area contributed by atoms with Crippen molar-refractivity contribution in [1.82, 2.24) is 0 Å². The maximum Gasteiger partial charge on any atom is 0.336 e. The molecule has 0 aliphatic rings. The lowest BCUT2D eigenvalue weighted by molar-refractivity contribution is -0.129. The maximum atomic E-state index is 12.5. The second-order valence-electron chi connectivity index (χ2n) is 12.0. The van der Waals surface area contributed by atoms with Gasteiger partial charge in [0.1, 0.15) is 17.2 Å². The number of rotatable bonds is 22. The van der Waals surface area contributed by atoms with E-state index in [-0.39, 0.29) is 5.75 Å². The number of carbonyl (C=O) groups is 1. The van der Waals surface area contributed by atoms with Crippen molar-refractivity contribution in [1.29, 1.82) is 0 Å². The standard InChI is InChI=1S/C44H56O4/c1-4-5-6-7-8-9-14-18-21-24-27-30-40-42(46)34-37(2)35-43(40)48-44(47)31-28-25-22-19-16-13-11-10-12-15-17-20-23-26-29-39-32-33-41(45)38(3)36-39/h10-13,15-17,19-20,22-23,25-26,28-29,31-36,45-46H,4-9,14,18,21,24,27,30H2,1-3H3. The number of esters is 1. The minimum absolute atomic E-state index is 0.195. The normalized spacial score (nSPS) is 12.6. The van der Waals surface area contributed by atoms with Gasteiger partial charge in [0.05, 0.1) is 0 Å². The van der Waals surface area contributed by atoms with Gasteiger partial charge >= 0.3 is 5.97 Å². The molecule has 0 amide bonds. The molecule has 48 heavy (non-hydrogen) atoms. The second-order valence-corrected chi connectivity index (χ2v) is 12.0. The number of aryl methyl sites for hydroxylation is 2. The summed E-state index contributed by atoms with van der Waals surface area (Å²) < 4.78 is 5.63. The van der Waals surface area contributed by atoms with E-state index < -0.39 is 5.97 Å². The number of hydrogen-bond donors (Lipinski definition) is 2. The topological polar surface area (TPSA) is 66.8 Å². The molecule has 2 aromatic rings. The smallest absolute Gasteiger partial charge is 0.336 e. The summed E-state index contributed by atoms with van der Waals surface area (Å²) in [6, 6.07) is 9.08. The van der Waals surface area contributed by atoms with Gasteiger partial charge in [-0.1, -0.05) is 168 Å². The van der Waals surface area contributed by atoms with E-state index in [1.807, 2.05) is 111 Å². The number of phenols is 2. The number of unbranched alkanes of at least 4 members (excludes halogenated alkanes) is 10. The van der Waals surface area contributed by atoms with Crippen LogP contribution in [0.2, 0.25) is 0 Å². The van der Waals surface area contributed by atoms with Crippen molar-refractivity contribution >= 4 is 12.0 Å². The van der Waals surface area contributed by atoms with E-state index in [1.54, 1.807) is 24.3 Å². The molecule has 0 spiro atoms. The molecule has 0 aliphatic carbocycles. The molecule has 4 nitrogen and oxygen atoms in total. The van der Waals surface area contributed by atoms with E-state index in [0.717, 1.165) is 29.5 Å². The fraction of sp³-hybridized carbons (Fsp3) is 0.341. The molecular formula is C44H56O4. The summed E-state index contributed by atoms with van der Waals surface area (Å²) in [5.74, 6) is 0.482. The Bertz CT molecular complexity index is 1460. The molecule has 0 radical (unpaired) electrons. The highest BCUT2D eigenvalue weighted by atomic mass is 16.5. The van der Waals surface area contributed by atoms with Crippen molar-refractivity contribution in [3.05, 3.63) is 144 Å². The number of hydrogen-bond acceptors (Lipinski definition) is 4. The van der Waals surface area contributed by atoms with E-state index in [0.29, 0.717) is 23.5 Å². The summed E-state index contributed by atoms with van der Waals surface area (Å²) in [4.78, 5) is 12.5. The number of phenolic OH excluding ortho intramolecular Hbond substituents is 2. The summed E-state index contributed by atoms with van der Waals surface area (Å²) in [5, 5.41) is 20.1. The van der Waals surface area contributed by atoms with Crippen LogP contribution in [0.4, 0.5) is 0 Å². The molecule has 2 aromatic carbocycles. The van der Waals surface area contributed by atoms with E-state index >= 15 is 0 Å².